The van der Waals surface area contributed by atoms with Gasteiger partial charge in [-0.2, -0.15) is 0 Å². The van der Waals surface area contributed by atoms with Crippen LogP contribution in [0.25, 0.3) is 10.9 Å². The Bertz CT molecular complexity index is 1100. The number of carboxylic acid groups (broad SMARTS) is 1. The van der Waals surface area contributed by atoms with Gasteiger partial charge in [0.05, 0.1) is 0 Å². The number of carbonyl (C=O) groups excluding carboxylic acids is 1. The highest BCUT2D eigenvalue weighted by molar-refractivity contribution is 5.96. The number of H-pyrrole nitrogens is 1. The number of anilines is 2. The van der Waals surface area contributed by atoms with Crippen molar-refractivity contribution in [3.8, 4) is 0 Å². The topological polar surface area (TPSA) is 114 Å². The minimum Gasteiger partial charge on any atom is -0.480 e. The lowest BCUT2D eigenvalue weighted by atomic mass is 10.0. The largest absolute Gasteiger partial charge is 0.480 e. The van der Waals surface area contributed by atoms with Crippen LogP contribution in [0.1, 0.15) is 31.9 Å². The summed E-state index contributed by atoms with van der Waals surface area (Å²) in [5.41, 5.74) is 2.19. The first-order valence-corrected chi connectivity index (χ1v) is 10.8. The molecule has 1 amide bonds. The van der Waals surface area contributed by atoms with Gasteiger partial charge in [0.25, 0.3) is 0 Å². The first-order chi connectivity index (χ1) is 15.4. The van der Waals surface area contributed by atoms with Gasteiger partial charge in [-0.3, -0.25) is 14.5 Å². The summed E-state index contributed by atoms with van der Waals surface area (Å²) < 4.78 is 0. The van der Waals surface area contributed by atoms with E-state index in [0.29, 0.717) is 36.8 Å². The van der Waals surface area contributed by atoms with Crippen LogP contribution in [0, 0.1) is 5.92 Å². The van der Waals surface area contributed by atoms with E-state index in [1.165, 1.54) is 0 Å². The van der Waals surface area contributed by atoms with Crippen LogP contribution < -0.4 is 10.2 Å². The monoisotopic (exact) mass is 436 g/mol. The van der Waals surface area contributed by atoms with Gasteiger partial charge in [-0.25, -0.2) is 9.97 Å². The molecule has 3 N–H and O–H groups in total. The minimum atomic E-state index is -0.896. The predicted octanol–water partition coefficient (Wildman–Crippen LogP) is 2.89. The molecule has 0 spiro atoms. The van der Waals surface area contributed by atoms with Crippen molar-refractivity contribution >= 4 is 34.4 Å². The summed E-state index contributed by atoms with van der Waals surface area (Å²) in [5.74, 6) is -0.449. The van der Waals surface area contributed by atoms with Crippen molar-refractivity contribution in [2.45, 2.75) is 26.3 Å². The number of hydrogen-bond acceptors (Lipinski definition) is 6. The Labute approximate surface area is 186 Å². The van der Waals surface area contributed by atoms with E-state index in [1.54, 1.807) is 24.7 Å². The van der Waals surface area contributed by atoms with E-state index in [1.807, 2.05) is 36.9 Å². The van der Waals surface area contributed by atoms with Gasteiger partial charge in [0, 0.05) is 72.8 Å². The van der Waals surface area contributed by atoms with Crippen LogP contribution in [-0.2, 0) is 9.59 Å². The summed E-state index contributed by atoms with van der Waals surface area (Å²) in [4.78, 5) is 40.4. The van der Waals surface area contributed by atoms with Crippen LogP contribution in [0.5, 0.6) is 0 Å². The molecule has 1 aromatic carbocycles. The molecule has 0 saturated carbocycles. The molecule has 3 heterocycles. The number of carbonyl (C=O) groups is 2. The molecule has 2 aromatic heterocycles. The molecule has 9 heteroatoms. The van der Waals surface area contributed by atoms with E-state index in [9.17, 15) is 14.7 Å². The van der Waals surface area contributed by atoms with Crippen LogP contribution in [0.2, 0.25) is 0 Å². The number of nitrogens with zero attached hydrogens (tertiary/aromatic N) is 4. The first-order valence-electron chi connectivity index (χ1n) is 10.8. The first kappa shape index (κ1) is 21.8. The molecular formula is C23H28N6O3. The Morgan fingerprint density at radius 2 is 1.91 bits per heavy atom. The highest BCUT2D eigenvalue weighted by atomic mass is 16.4. The van der Waals surface area contributed by atoms with Gasteiger partial charge >= 0.3 is 5.97 Å². The SMILES string of the molecule is CC(C)C(=O)Nc1ccc2[nH]cc([C@@H](C(=O)O)N3CCCN(c4ncccn4)CC3)c2c1. The quantitative estimate of drug-likeness (QED) is 0.544. The number of rotatable bonds is 6. The van der Waals surface area contributed by atoms with Crippen molar-refractivity contribution in [3.05, 3.63) is 48.4 Å². The summed E-state index contributed by atoms with van der Waals surface area (Å²) in [6, 6.07) is 6.52. The smallest absolute Gasteiger partial charge is 0.325 e. The molecule has 0 aliphatic carbocycles. The molecule has 32 heavy (non-hydrogen) atoms. The van der Waals surface area contributed by atoms with Gasteiger partial charge in [0.1, 0.15) is 6.04 Å². The van der Waals surface area contributed by atoms with Gasteiger partial charge in [0.15, 0.2) is 0 Å². The zero-order valence-electron chi connectivity index (χ0n) is 18.3. The summed E-state index contributed by atoms with van der Waals surface area (Å²) in [6.07, 6.45) is 6.00. The number of hydrogen-bond donors (Lipinski definition) is 3. The van der Waals surface area contributed by atoms with Crippen LogP contribution >= 0.6 is 0 Å². The van der Waals surface area contributed by atoms with Crippen molar-refractivity contribution in [2.24, 2.45) is 5.92 Å². The Hall–Kier alpha value is -3.46. The molecule has 3 aromatic rings. The van der Waals surface area contributed by atoms with E-state index in [0.717, 1.165) is 23.9 Å². The Morgan fingerprint density at radius 3 is 2.62 bits per heavy atom. The van der Waals surface area contributed by atoms with Crippen LogP contribution in [0.15, 0.2) is 42.9 Å². The molecular weight excluding hydrogens is 408 g/mol. The zero-order valence-corrected chi connectivity index (χ0v) is 18.3. The van der Waals surface area contributed by atoms with E-state index in [4.69, 9.17) is 0 Å². The summed E-state index contributed by atoms with van der Waals surface area (Å²) in [5, 5.41) is 13.9. The Kier molecular flexibility index (Phi) is 6.36. The summed E-state index contributed by atoms with van der Waals surface area (Å²) in [6.45, 7) is 6.30. The number of aliphatic carboxylic acids is 1. The van der Waals surface area contributed by atoms with Gasteiger partial charge in [-0.05, 0) is 30.7 Å². The second-order valence-electron chi connectivity index (χ2n) is 8.31. The fourth-order valence-corrected chi connectivity index (χ4v) is 4.07. The van der Waals surface area contributed by atoms with Crippen molar-refractivity contribution in [1.29, 1.82) is 0 Å². The van der Waals surface area contributed by atoms with Crippen LogP contribution in [-0.4, -0.2) is 63.0 Å². The number of carboxylic acids is 1. The van der Waals surface area contributed by atoms with Gasteiger partial charge < -0.3 is 20.3 Å². The average molecular weight is 437 g/mol. The second kappa shape index (κ2) is 9.35. The number of nitrogens with one attached hydrogen (secondary N) is 2. The minimum absolute atomic E-state index is 0.0769. The Morgan fingerprint density at radius 1 is 1.12 bits per heavy atom. The molecule has 0 radical (unpaired) electrons. The number of amides is 1. The van der Waals surface area contributed by atoms with Gasteiger partial charge in [-0.15, -0.1) is 0 Å². The maximum absolute atomic E-state index is 12.4. The van der Waals surface area contributed by atoms with Crippen molar-refractivity contribution in [1.82, 2.24) is 19.9 Å². The lowest BCUT2D eigenvalue weighted by Gasteiger charge is -2.27. The fourth-order valence-electron chi connectivity index (χ4n) is 4.07. The molecule has 1 fully saturated rings. The van der Waals surface area contributed by atoms with Crippen LogP contribution in [0.4, 0.5) is 11.6 Å². The highest BCUT2D eigenvalue weighted by Crippen LogP contribution is 2.31. The molecule has 9 nitrogen and oxygen atoms in total. The molecule has 168 valence electrons. The van der Waals surface area contributed by atoms with Crippen molar-refractivity contribution in [2.75, 3.05) is 36.4 Å². The molecule has 0 unspecified atom stereocenters. The van der Waals surface area contributed by atoms with E-state index >= 15 is 0 Å². The highest BCUT2D eigenvalue weighted by Gasteiger charge is 2.31. The third kappa shape index (κ3) is 4.57. The van der Waals surface area contributed by atoms with E-state index in [-0.39, 0.29) is 11.8 Å². The second-order valence-corrected chi connectivity index (χ2v) is 8.31. The van der Waals surface area contributed by atoms with Crippen molar-refractivity contribution in [3.63, 3.8) is 0 Å². The number of benzene rings is 1. The lowest BCUT2D eigenvalue weighted by molar-refractivity contribution is -0.143. The van der Waals surface area contributed by atoms with E-state index < -0.39 is 12.0 Å². The van der Waals surface area contributed by atoms with E-state index in [2.05, 4.69) is 25.2 Å². The third-order valence-electron chi connectivity index (χ3n) is 5.76. The maximum atomic E-state index is 12.4. The predicted molar refractivity (Wildman–Crippen MR) is 123 cm³/mol. The molecule has 1 aliphatic heterocycles. The Balaban J connectivity index is 1.59. The molecule has 1 aliphatic rings. The van der Waals surface area contributed by atoms with Crippen molar-refractivity contribution < 1.29 is 14.7 Å². The fraction of sp³-hybridized carbons (Fsp3) is 0.391. The molecule has 1 atom stereocenters. The number of aromatic nitrogens is 3. The molecule has 4 rings (SSSR count). The van der Waals surface area contributed by atoms with Crippen LogP contribution in [0.3, 0.4) is 0 Å². The summed E-state index contributed by atoms with van der Waals surface area (Å²) >= 11 is 0. The normalized spacial score (nSPS) is 16.2. The third-order valence-corrected chi connectivity index (χ3v) is 5.76. The average Bonchev–Trinajstić information content (AvgIpc) is 3.02. The van der Waals surface area contributed by atoms with Gasteiger partial charge in [0.2, 0.25) is 11.9 Å². The zero-order chi connectivity index (χ0) is 22.7. The lowest BCUT2D eigenvalue weighted by Crippen LogP contribution is -2.37. The van der Waals surface area contributed by atoms with Gasteiger partial charge in [-0.1, -0.05) is 13.8 Å². The number of aromatic amines is 1. The summed E-state index contributed by atoms with van der Waals surface area (Å²) in [7, 11) is 0. The number of fused-ring (bicyclic) bond motifs is 1. The molecule has 1 saturated heterocycles. The standard InChI is InChI=1S/C23H28N6O3/c1-15(2)21(30)27-16-5-6-19-17(13-16)18(14-26-19)20(22(31)32)28-9-4-10-29(12-11-28)23-24-7-3-8-25-23/h3,5-8,13-15,20,26H,4,9-12H2,1-2H3,(H,27,30)(H,31,32)/t20-/m0/s1. The molecule has 0 bridgehead atoms. The maximum Gasteiger partial charge on any atom is 0.325 e.